The Hall–Kier alpha value is -1.43. The molecule has 1 aromatic carbocycles. The summed E-state index contributed by atoms with van der Waals surface area (Å²) in [5.74, 6) is 0. The molecule has 2 heterocycles. The molecule has 18 heavy (non-hydrogen) atoms. The van der Waals surface area contributed by atoms with E-state index in [1.165, 1.54) is 0 Å². The summed E-state index contributed by atoms with van der Waals surface area (Å²) in [5, 5.41) is 4.04. The Labute approximate surface area is 113 Å². The van der Waals surface area contributed by atoms with Crippen LogP contribution >= 0.6 is 23.1 Å². The average Bonchev–Trinajstić information content (AvgIpc) is 2.91. The zero-order valence-corrected chi connectivity index (χ0v) is 11.2. The highest BCUT2D eigenvalue weighted by Crippen LogP contribution is 2.31. The minimum absolute atomic E-state index is 0.492. The second-order valence-corrected chi connectivity index (χ2v) is 5.88. The molecule has 0 radical (unpaired) electrons. The smallest absolute Gasteiger partial charge is 0.156 e. The van der Waals surface area contributed by atoms with Crippen LogP contribution in [0.25, 0.3) is 10.9 Å². The summed E-state index contributed by atoms with van der Waals surface area (Å²) in [5.41, 5.74) is 7.86. The summed E-state index contributed by atoms with van der Waals surface area (Å²) in [6.45, 7) is 0.492. The van der Waals surface area contributed by atoms with E-state index in [1.807, 2.05) is 23.6 Å². The third-order valence-electron chi connectivity index (χ3n) is 2.58. The van der Waals surface area contributed by atoms with Crippen LogP contribution in [0, 0.1) is 0 Å². The molecular formula is C13H11N3S2. The van der Waals surface area contributed by atoms with Crippen LogP contribution in [-0.4, -0.2) is 9.97 Å². The number of para-hydroxylation sites is 1. The normalized spacial score (nSPS) is 10.9. The Morgan fingerprint density at radius 3 is 2.94 bits per heavy atom. The Kier molecular flexibility index (Phi) is 3.27. The summed E-state index contributed by atoms with van der Waals surface area (Å²) < 4.78 is 0.993. The molecule has 0 bridgehead atoms. The Morgan fingerprint density at radius 1 is 1.28 bits per heavy atom. The fourth-order valence-corrected chi connectivity index (χ4v) is 3.37. The predicted molar refractivity (Wildman–Crippen MR) is 75.9 cm³/mol. The van der Waals surface area contributed by atoms with Gasteiger partial charge in [0.15, 0.2) is 4.34 Å². The largest absolute Gasteiger partial charge is 0.326 e. The van der Waals surface area contributed by atoms with Crippen molar-refractivity contribution in [1.82, 2.24) is 9.97 Å². The summed E-state index contributed by atoms with van der Waals surface area (Å²) in [6, 6.07) is 10.2. The first kappa shape index (κ1) is 11.6. The number of nitrogens with zero attached hydrogens (tertiary/aromatic N) is 2. The number of rotatable bonds is 3. The van der Waals surface area contributed by atoms with Crippen LogP contribution in [0.2, 0.25) is 0 Å². The lowest BCUT2D eigenvalue weighted by molar-refractivity contribution is 0.981. The van der Waals surface area contributed by atoms with Gasteiger partial charge >= 0.3 is 0 Å². The topological polar surface area (TPSA) is 51.8 Å². The zero-order valence-electron chi connectivity index (χ0n) is 9.54. The lowest BCUT2D eigenvalue weighted by Gasteiger charge is -2.07. The number of hydrogen-bond donors (Lipinski definition) is 1. The number of nitrogens with two attached hydrogens (primary N) is 1. The molecule has 0 aliphatic heterocycles. The maximum atomic E-state index is 5.80. The fraction of sp³-hybridized carbons (Fsp3) is 0.0769. The monoisotopic (exact) mass is 273 g/mol. The minimum atomic E-state index is 0.492. The molecule has 0 atom stereocenters. The van der Waals surface area contributed by atoms with E-state index in [4.69, 9.17) is 5.73 Å². The molecule has 0 aliphatic carbocycles. The van der Waals surface area contributed by atoms with E-state index in [-0.39, 0.29) is 0 Å². The first-order valence-electron chi connectivity index (χ1n) is 5.53. The molecule has 0 aliphatic rings. The van der Waals surface area contributed by atoms with Gasteiger partial charge in [-0.15, -0.1) is 11.3 Å². The first-order valence-corrected chi connectivity index (χ1v) is 7.22. The van der Waals surface area contributed by atoms with Crippen LogP contribution in [0.4, 0.5) is 0 Å². The lowest BCUT2D eigenvalue weighted by atomic mass is 10.1. The van der Waals surface area contributed by atoms with Crippen LogP contribution in [0.15, 0.2) is 51.3 Å². The molecule has 90 valence electrons. The molecule has 5 heteroatoms. The van der Waals surface area contributed by atoms with Crippen molar-refractivity contribution in [1.29, 1.82) is 0 Å². The Morgan fingerprint density at radius 2 is 2.17 bits per heavy atom. The average molecular weight is 273 g/mol. The second kappa shape index (κ2) is 5.06. The van der Waals surface area contributed by atoms with Gasteiger partial charge in [0, 0.05) is 23.5 Å². The van der Waals surface area contributed by atoms with Crippen molar-refractivity contribution < 1.29 is 0 Å². The summed E-state index contributed by atoms with van der Waals surface area (Å²) >= 11 is 3.19. The van der Waals surface area contributed by atoms with E-state index in [1.54, 1.807) is 29.3 Å². The molecular weight excluding hydrogens is 262 g/mol. The Balaban J connectivity index is 2.09. The van der Waals surface area contributed by atoms with Crippen molar-refractivity contribution in [3.8, 4) is 0 Å². The fourth-order valence-electron chi connectivity index (χ4n) is 1.72. The minimum Gasteiger partial charge on any atom is -0.326 e. The van der Waals surface area contributed by atoms with E-state index in [0.29, 0.717) is 6.54 Å². The van der Waals surface area contributed by atoms with E-state index >= 15 is 0 Å². The summed E-state index contributed by atoms with van der Waals surface area (Å²) in [6.07, 6.45) is 1.80. The number of aromatic nitrogens is 2. The van der Waals surface area contributed by atoms with Crippen LogP contribution in [0.3, 0.4) is 0 Å². The third-order valence-corrected chi connectivity index (χ3v) is 4.51. The summed E-state index contributed by atoms with van der Waals surface area (Å²) in [4.78, 5) is 8.94. The van der Waals surface area contributed by atoms with Crippen molar-refractivity contribution in [2.45, 2.75) is 15.9 Å². The molecule has 2 N–H and O–H groups in total. The molecule has 0 saturated heterocycles. The molecule has 3 rings (SSSR count). The van der Waals surface area contributed by atoms with Crippen molar-refractivity contribution >= 4 is 34.0 Å². The van der Waals surface area contributed by atoms with Crippen LogP contribution in [-0.2, 0) is 6.54 Å². The number of pyridine rings is 1. The Bertz CT molecular complexity index is 665. The van der Waals surface area contributed by atoms with Gasteiger partial charge in [-0.3, -0.25) is 0 Å². The van der Waals surface area contributed by atoms with Crippen LogP contribution in [0.5, 0.6) is 0 Å². The van der Waals surface area contributed by atoms with Gasteiger partial charge in [-0.2, -0.15) is 0 Å². The van der Waals surface area contributed by atoms with Gasteiger partial charge in [-0.1, -0.05) is 18.2 Å². The highest BCUT2D eigenvalue weighted by atomic mass is 32.2. The standard InChI is InChI=1S/C13H11N3S2/c14-8-10-7-9-3-1-2-4-11(9)16-12(10)18-13-15-5-6-17-13/h1-7H,8,14H2. The second-order valence-electron chi connectivity index (χ2n) is 3.75. The van der Waals surface area contributed by atoms with Crippen LogP contribution in [0.1, 0.15) is 5.56 Å². The maximum absolute atomic E-state index is 5.80. The van der Waals surface area contributed by atoms with Gasteiger partial charge in [0.1, 0.15) is 5.03 Å². The first-order chi connectivity index (χ1) is 8.86. The number of thiazole rings is 1. The van der Waals surface area contributed by atoms with Gasteiger partial charge in [0.25, 0.3) is 0 Å². The van der Waals surface area contributed by atoms with Crippen molar-refractivity contribution in [2.24, 2.45) is 5.73 Å². The molecule has 3 aromatic rings. The zero-order chi connectivity index (χ0) is 12.4. The number of fused-ring (bicyclic) bond motifs is 1. The van der Waals surface area contributed by atoms with E-state index in [0.717, 1.165) is 25.8 Å². The predicted octanol–water partition coefficient (Wildman–Crippen LogP) is 3.30. The van der Waals surface area contributed by atoms with Gasteiger partial charge < -0.3 is 5.73 Å². The molecule has 0 unspecified atom stereocenters. The summed E-state index contributed by atoms with van der Waals surface area (Å²) in [7, 11) is 0. The third kappa shape index (κ3) is 2.25. The van der Waals surface area contributed by atoms with E-state index in [2.05, 4.69) is 22.1 Å². The molecule has 0 spiro atoms. The van der Waals surface area contributed by atoms with Gasteiger partial charge in [-0.25, -0.2) is 9.97 Å². The van der Waals surface area contributed by atoms with Gasteiger partial charge in [-0.05, 0) is 29.5 Å². The number of hydrogen-bond acceptors (Lipinski definition) is 5. The van der Waals surface area contributed by atoms with Gasteiger partial charge in [0.05, 0.1) is 5.52 Å². The van der Waals surface area contributed by atoms with Crippen molar-refractivity contribution in [2.75, 3.05) is 0 Å². The molecule has 0 amide bonds. The number of benzene rings is 1. The van der Waals surface area contributed by atoms with E-state index < -0.39 is 0 Å². The van der Waals surface area contributed by atoms with Crippen LogP contribution < -0.4 is 5.73 Å². The van der Waals surface area contributed by atoms with Crippen molar-refractivity contribution in [3.63, 3.8) is 0 Å². The molecule has 0 fully saturated rings. The highest BCUT2D eigenvalue weighted by molar-refractivity contribution is 8.01. The lowest BCUT2D eigenvalue weighted by Crippen LogP contribution is -2.00. The van der Waals surface area contributed by atoms with E-state index in [9.17, 15) is 0 Å². The highest BCUT2D eigenvalue weighted by Gasteiger charge is 2.08. The molecule has 3 nitrogen and oxygen atoms in total. The maximum Gasteiger partial charge on any atom is 0.156 e. The quantitative estimate of drug-likeness (QED) is 0.795. The van der Waals surface area contributed by atoms with Gasteiger partial charge in [0.2, 0.25) is 0 Å². The molecule has 2 aromatic heterocycles. The van der Waals surface area contributed by atoms with Crippen molar-refractivity contribution in [3.05, 3.63) is 47.5 Å². The molecule has 0 saturated carbocycles. The SMILES string of the molecule is NCc1cc2ccccc2nc1Sc1nccs1.